The van der Waals surface area contributed by atoms with Crippen LogP contribution < -0.4 is 0 Å². The summed E-state index contributed by atoms with van der Waals surface area (Å²) in [5, 5.41) is 0. The summed E-state index contributed by atoms with van der Waals surface area (Å²) in [7, 11) is -3.38. The van der Waals surface area contributed by atoms with Gasteiger partial charge in [-0.3, -0.25) is 4.18 Å². The molecule has 1 fully saturated rings. The van der Waals surface area contributed by atoms with Gasteiger partial charge in [0, 0.05) is 0 Å². The first-order chi connectivity index (χ1) is 8.42. The van der Waals surface area contributed by atoms with Crippen LogP contribution in [-0.2, 0) is 19.0 Å². The Kier molecular flexibility index (Phi) is 6.60. The van der Waals surface area contributed by atoms with Crippen molar-refractivity contribution in [2.75, 3.05) is 6.26 Å². The molecule has 1 heterocycles. The molecule has 1 rings (SSSR count). The van der Waals surface area contributed by atoms with Crippen molar-refractivity contribution in [3.63, 3.8) is 0 Å². The Morgan fingerprint density at radius 2 is 2.00 bits per heavy atom. The molecular formula is C13H26O4S. The second kappa shape index (κ2) is 7.46. The maximum Gasteiger partial charge on any atom is 0.264 e. The Balaban J connectivity index is 2.24. The summed E-state index contributed by atoms with van der Waals surface area (Å²) in [6.45, 7) is 3.97. The van der Waals surface area contributed by atoms with Gasteiger partial charge in [-0.15, -0.1) is 0 Å². The smallest absolute Gasteiger partial charge is 0.264 e. The first-order valence-electron chi connectivity index (χ1n) is 6.96. The molecule has 108 valence electrons. The summed E-state index contributed by atoms with van der Waals surface area (Å²) in [5.74, 6) is 0. The Bertz CT molecular complexity index is 326. The van der Waals surface area contributed by atoms with Crippen LogP contribution in [0.3, 0.4) is 0 Å². The van der Waals surface area contributed by atoms with Crippen LogP contribution in [-0.4, -0.2) is 33.0 Å². The lowest BCUT2D eigenvalue weighted by molar-refractivity contribution is -0.0174. The molecule has 0 aromatic heterocycles. The standard InChI is InChI=1S/C13H26O4S/c1-4-5-6-7-8-12-9-10-13(16-12)11(2)17-18(3,14)15/h11-13H,4-10H2,1-3H3/t11-,12-,13+/m0/s1. The third kappa shape index (κ3) is 6.16. The van der Waals surface area contributed by atoms with Crippen LogP contribution >= 0.6 is 0 Å². The van der Waals surface area contributed by atoms with E-state index in [1.54, 1.807) is 6.92 Å². The van der Waals surface area contributed by atoms with E-state index in [1.807, 2.05) is 0 Å². The molecule has 0 aromatic rings. The highest BCUT2D eigenvalue weighted by molar-refractivity contribution is 7.86. The van der Waals surface area contributed by atoms with Gasteiger partial charge in [0.2, 0.25) is 0 Å². The number of unbranched alkanes of at least 4 members (excludes halogenated alkanes) is 3. The van der Waals surface area contributed by atoms with Crippen LogP contribution in [0.15, 0.2) is 0 Å². The van der Waals surface area contributed by atoms with Crippen molar-refractivity contribution in [2.24, 2.45) is 0 Å². The summed E-state index contributed by atoms with van der Waals surface area (Å²) < 4.78 is 32.9. The fourth-order valence-electron chi connectivity index (χ4n) is 2.43. The maximum absolute atomic E-state index is 11.0. The van der Waals surface area contributed by atoms with Crippen molar-refractivity contribution < 1.29 is 17.3 Å². The van der Waals surface area contributed by atoms with Crippen molar-refractivity contribution in [3.8, 4) is 0 Å². The predicted molar refractivity (Wildman–Crippen MR) is 72.0 cm³/mol. The molecule has 0 N–H and O–H groups in total. The fraction of sp³-hybridized carbons (Fsp3) is 1.00. The highest BCUT2D eigenvalue weighted by Gasteiger charge is 2.31. The third-order valence-electron chi connectivity index (χ3n) is 3.37. The molecule has 0 saturated carbocycles. The van der Waals surface area contributed by atoms with E-state index in [0.717, 1.165) is 25.5 Å². The quantitative estimate of drug-likeness (QED) is 0.506. The molecule has 0 amide bonds. The Morgan fingerprint density at radius 3 is 2.61 bits per heavy atom. The molecule has 3 atom stereocenters. The summed E-state index contributed by atoms with van der Waals surface area (Å²) >= 11 is 0. The van der Waals surface area contributed by atoms with Crippen LogP contribution in [0.4, 0.5) is 0 Å². The number of hydrogen-bond donors (Lipinski definition) is 0. The van der Waals surface area contributed by atoms with Crippen molar-refractivity contribution in [2.45, 2.75) is 77.1 Å². The highest BCUT2D eigenvalue weighted by Crippen LogP contribution is 2.27. The molecule has 0 unspecified atom stereocenters. The van der Waals surface area contributed by atoms with Gasteiger partial charge in [-0.1, -0.05) is 32.6 Å². The van der Waals surface area contributed by atoms with E-state index in [-0.39, 0.29) is 18.3 Å². The van der Waals surface area contributed by atoms with Gasteiger partial charge in [0.05, 0.1) is 18.5 Å². The molecule has 0 spiro atoms. The summed E-state index contributed by atoms with van der Waals surface area (Å²) in [5.41, 5.74) is 0. The molecule has 1 aliphatic heterocycles. The fourth-order valence-corrected chi connectivity index (χ4v) is 3.10. The van der Waals surface area contributed by atoms with Crippen molar-refractivity contribution in [3.05, 3.63) is 0 Å². The molecule has 4 nitrogen and oxygen atoms in total. The Hall–Kier alpha value is -0.130. The van der Waals surface area contributed by atoms with Crippen molar-refractivity contribution in [1.29, 1.82) is 0 Å². The average molecular weight is 278 g/mol. The van der Waals surface area contributed by atoms with Crippen molar-refractivity contribution >= 4 is 10.1 Å². The van der Waals surface area contributed by atoms with Gasteiger partial charge in [-0.25, -0.2) is 0 Å². The topological polar surface area (TPSA) is 52.6 Å². The van der Waals surface area contributed by atoms with Crippen LogP contribution in [0.2, 0.25) is 0 Å². The maximum atomic E-state index is 11.0. The number of rotatable bonds is 8. The lowest BCUT2D eigenvalue weighted by atomic mass is 10.1. The van der Waals surface area contributed by atoms with Gasteiger partial charge in [-0.05, 0) is 26.2 Å². The van der Waals surface area contributed by atoms with Crippen molar-refractivity contribution in [1.82, 2.24) is 0 Å². The van der Waals surface area contributed by atoms with E-state index in [9.17, 15) is 8.42 Å². The largest absolute Gasteiger partial charge is 0.372 e. The van der Waals surface area contributed by atoms with E-state index in [0.29, 0.717) is 0 Å². The SMILES string of the molecule is CCCCCC[C@H]1CC[C@H]([C@H](C)OS(C)(=O)=O)O1. The minimum absolute atomic E-state index is 0.0732. The molecule has 0 radical (unpaired) electrons. The lowest BCUT2D eigenvalue weighted by Gasteiger charge is -2.19. The first-order valence-corrected chi connectivity index (χ1v) is 8.77. The monoisotopic (exact) mass is 278 g/mol. The van der Waals surface area contributed by atoms with E-state index in [4.69, 9.17) is 8.92 Å². The van der Waals surface area contributed by atoms with Crippen LogP contribution in [0, 0.1) is 0 Å². The van der Waals surface area contributed by atoms with Gasteiger partial charge in [0.25, 0.3) is 10.1 Å². The van der Waals surface area contributed by atoms with E-state index in [1.165, 1.54) is 25.7 Å². The predicted octanol–water partition coefficient (Wildman–Crippen LogP) is 2.87. The van der Waals surface area contributed by atoms with Gasteiger partial charge in [0.1, 0.15) is 6.10 Å². The molecule has 18 heavy (non-hydrogen) atoms. The zero-order valence-corrected chi connectivity index (χ0v) is 12.5. The third-order valence-corrected chi connectivity index (χ3v) is 4.02. The van der Waals surface area contributed by atoms with Crippen LogP contribution in [0.1, 0.15) is 58.8 Å². The molecule has 0 aromatic carbocycles. The molecular weight excluding hydrogens is 252 g/mol. The summed E-state index contributed by atoms with van der Waals surface area (Å²) in [4.78, 5) is 0. The van der Waals surface area contributed by atoms with E-state index >= 15 is 0 Å². The van der Waals surface area contributed by atoms with E-state index < -0.39 is 10.1 Å². The zero-order chi connectivity index (χ0) is 13.6. The van der Waals surface area contributed by atoms with Crippen LogP contribution in [0.25, 0.3) is 0 Å². The zero-order valence-electron chi connectivity index (χ0n) is 11.7. The second-order valence-electron chi connectivity index (χ2n) is 5.23. The second-order valence-corrected chi connectivity index (χ2v) is 6.83. The average Bonchev–Trinajstić information content (AvgIpc) is 2.71. The molecule has 5 heteroatoms. The van der Waals surface area contributed by atoms with Gasteiger partial charge in [-0.2, -0.15) is 8.42 Å². The highest BCUT2D eigenvalue weighted by atomic mass is 32.2. The molecule has 0 aliphatic carbocycles. The van der Waals surface area contributed by atoms with Gasteiger partial charge < -0.3 is 4.74 Å². The van der Waals surface area contributed by atoms with Crippen LogP contribution in [0.5, 0.6) is 0 Å². The number of ether oxygens (including phenoxy) is 1. The van der Waals surface area contributed by atoms with E-state index in [2.05, 4.69) is 6.92 Å². The lowest BCUT2D eigenvalue weighted by Crippen LogP contribution is -2.28. The molecule has 1 aliphatic rings. The Labute approximate surface area is 111 Å². The summed E-state index contributed by atoms with van der Waals surface area (Å²) in [6.07, 6.45) is 8.92. The molecule has 1 saturated heterocycles. The minimum Gasteiger partial charge on any atom is -0.372 e. The van der Waals surface area contributed by atoms with Gasteiger partial charge >= 0.3 is 0 Å². The number of hydrogen-bond acceptors (Lipinski definition) is 4. The summed E-state index contributed by atoms with van der Waals surface area (Å²) in [6, 6.07) is 0. The van der Waals surface area contributed by atoms with Gasteiger partial charge in [0.15, 0.2) is 0 Å². The molecule has 0 bridgehead atoms. The minimum atomic E-state index is -3.38. The Morgan fingerprint density at radius 1 is 1.28 bits per heavy atom. The first kappa shape index (κ1) is 15.9. The normalized spacial score (nSPS) is 26.4.